The minimum atomic E-state index is -3.90. The van der Waals surface area contributed by atoms with Crippen LogP contribution >= 0.6 is 11.6 Å². The number of hydrogen-bond acceptors (Lipinski definition) is 5. The van der Waals surface area contributed by atoms with Gasteiger partial charge in [-0.1, -0.05) is 23.7 Å². The number of nitrogens with one attached hydrogen (secondary N) is 1. The molecule has 0 heterocycles. The smallest absolute Gasteiger partial charge is 0.338 e. The summed E-state index contributed by atoms with van der Waals surface area (Å²) in [5.41, 5.74) is 0.582. The van der Waals surface area contributed by atoms with Crippen molar-refractivity contribution >= 4 is 27.6 Å². The molecule has 0 bridgehead atoms. The number of halogens is 1. The molecular weight excluding hydrogens is 388 g/mol. The minimum absolute atomic E-state index is 0.00447. The van der Waals surface area contributed by atoms with Crippen molar-refractivity contribution < 1.29 is 17.9 Å². The molecule has 2 aromatic rings. The zero-order valence-electron chi connectivity index (χ0n) is 15.1. The third kappa shape index (κ3) is 5.79. The molecule has 0 aliphatic carbocycles. The number of carbonyl (C=O) groups excluding carboxylic acids is 1. The van der Waals surface area contributed by atoms with Gasteiger partial charge in [0.25, 0.3) is 0 Å². The Morgan fingerprint density at radius 2 is 1.81 bits per heavy atom. The number of sulfonamides is 1. The zero-order valence-corrected chi connectivity index (χ0v) is 16.7. The van der Waals surface area contributed by atoms with E-state index < -0.39 is 21.5 Å². The largest absolute Gasteiger partial charge is 0.457 e. The van der Waals surface area contributed by atoms with Crippen LogP contribution in [0.3, 0.4) is 0 Å². The number of benzene rings is 2. The van der Waals surface area contributed by atoms with E-state index in [2.05, 4.69) is 4.72 Å². The lowest BCUT2D eigenvalue weighted by atomic mass is 10.1. The van der Waals surface area contributed by atoms with Gasteiger partial charge in [0.2, 0.25) is 10.0 Å². The molecule has 27 heavy (non-hydrogen) atoms. The van der Waals surface area contributed by atoms with Crippen molar-refractivity contribution in [3.05, 3.63) is 64.2 Å². The first-order chi connectivity index (χ1) is 12.5. The third-order valence-corrected chi connectivity index (χ3v) is 5.59. The Kier molecular flexibility index (Phi) is 6.26. The number of hydrogen-bond donors (Lipinski definition) is 1. The molecule has 1 N–H and O–H groups in total. The van der Waals surface area contributed by atoms with Crippen molar-refractivity contribution in [2.24, 2.45) is 0 Å². The van der Waals surface area contributed by atoms with E-state index in [4.69, 9.17) is 21.6 Å². The van der Waals surface area contributed by atoms with Crippen molar-refractivity contribution in [2.45, 2.75) is 37.8 Å². The van der Waals surface area contributed by atoms with Crippen LogP contribution in [0.1, 0.15) is 42.3 Å². The van der Waals surface area contributed by atoms with Gasteiger partial charge in [-0.15, -0.1) is 0 Å². The summed E-state index contributed by atoms with van der Waals surface area (Å²) in [5, 5.41) is 8.79. The molecule has 0 aliphatic heterocycles. The monoisotopic (exact) mass is 406 g/mol. The quantitative estimate of drug-likeness (QED) is 0.764. The maximum absolute atomic E-state index is 12.5. The molecule has 0 amide bonds. The van der Waals surface area contributed by atoms with Crippen LogP contribution in [0.15, 0.2) is 47.4 Å². The molecule has 6 nitrogen and oxygen atoms in total. The molecule has 0 unspecified atom stereocenters. The van der Waals surface area contributed by atoms with Gasteiger partial charge in [0.05, 0.1) is 22.2 Å². The van der Waals surface area contributed by atoms with E-state index in [-0.39, 0.29) is 22.1 Å². The van der Waals surface area contributed by atoms with Crippen molar-refractivity contribution in [3.8, 4) is 6.07 Å². The van der Waals surface area contributed by atoms with Gasteiger partial charge in [0.1, 0.15) is 11.5 Å². The van der Waals surface area contributed by atoms with Crippen LogP contribution in [0.5, 0.6) is 0 Å². The van der Waals surface area contributed by atoms with Gasteiger partial charge < -0.3 is 4.74 Å². The van der Waals surface area contributed by atoms with Crippen LogP contribution in [0.25, 0.3) is 0 Å². The van der Waals surface area contributed by atoms with E-state index >= 15 is 0 Å². The maximum atomic E-state index is 12.5. The molecular formula is C19H19ClN2O4S. The highest BCUT2D eigenvalue weighted by Crippen LogP contribution is 2.24. The molecule has 0 spiro atoms. The van der Waals surface area contributed by atoms with Crippen LogP contribution in [-0.2, 0) is 21.4 Å². The van der Waals surface area contributed by atoms with E-state index in [1.165, 1.54) is 18.2 Å². The SMILES string of the molecule is CC(C)(C)NS(=O)(=O)c1cc(C(=O)OCc2ccc(C#N)cc2)ccc1Cl. The number of ether oxygens (including phenoxy) is 1. The number of nitriles is 1. The molecule has 2 rings (SSSR count). The van der Waals surface area contributed by atoms with Crippen molar-refractivity contribution in [2.75, 3.05) is 0 Å². The molecule has 8 heteroatoms. The van der Waals surface area contributed by atoms with Gasteiger partial charge >= 0.3 is 5.97 Å². The number of esters is 1. The van der Waals surface area contributed by atoms with E-state index in [9.17, 15) is 13.2 Å². The number of nitrogens with zero attached hydrogens (tertiary/aromatic N) is 1. The highest BCUT2D eigenvalue weighted by atomic mass is 35.5. The Balaban J connectivity index is 2.18. The van der Waals surface area contributed by atoms with E-state index in [0.29, 0.717) is 11.1 Å². The Hall–Kier alpha value is -2.40. The summed E-state index contributed by atoms with van der Waals surface area (Å²) in [6.45, 7) is 5.10. The van der Waals surface area contributed by atoms with Gasteiger partial charge in [-0.05, 0) is 56.7 Å². The first-order valence-corrected chi connectivity index (χ1v) is 9.88. The molecule has 0 saturated carbocycles. The maximum Gasteiger partial charge on any atom is 0.338 e. The molecule has 0 fully saturated rings. The first-order valence-electron chi connectivity index (χ1n) is 8.01. The molecule has 2 aromatic carbocycles. The third-order valence-electron chi connectivity index (χ3n) is 3.35. The van der Waals surface area contributed by atoms with Crippen molar-refractivity contribution in [1.29, 1.82) is 5.26 Å². The summed E-state index contributed by atoms with van der Waals surface area (Å²) in [6.07, 6.45) is 0. The standard InChI is InChI=1S/C19H19ClN2O4S/c1-19(2,3)22-27(24,25)17-10-15(8-9-16(17)20)18(23)26-12-14-6-4-13(11-21)5-7-14/h4-10,22H,12H2,1-3H3. The molecule has 142 valence electrons. The Morgan fingerprint density at radius 3 is 2.37 bits per heavy atom. The molecule has 0 radical (unpaired) electrons. The van der Waals surface area contributed by atoms with Crippen molar-refractivity contribution in [1.82, 2.24) is 4.72 Å². The molecule has 0 aromatic heterocycles. The molecule has 0 aliphatic rings. The summed E-state index contributed by atoms with van der Waals surface area (Å²) < 4.78 is 32.7. The van der Waals surface area contributed by atoms with Crippen LogP contribution < -0.4 is 4.72 Å². The van der Waals surface area contributed by atoms with E-state index in [1.807, 2.05) is 6.07 Å². The predicted molar refractivity (Wildman–Crippen MR) is 102 cm³/mol. The fourth-order valence-electron chi connectivity index (χ4n) is 2.20. The lowest BCUT2D eigenvalue weighted by molar-refractivity contribution is 0.0472. The summed E-state index contributed by atoms with van der Waals surface area (Å²) >= 11 is 6.02. The second kappa shape index (κ2) is 8.09. The second-order valence-corrected chi connectivity index (χ2v) is 8.94. The van der Waals surface area contributed by atoms with Crippen LogP contribution in [-0.4, -0.2) is 19.9 Å². The first kappa shape index (κ1) is 20.9. The predicted octanol–water partition coefficient (Wildman–Crippen LogP) is 3.65. The average molecular weight is 407 g/mol. The summed E-state index contributed by atoms with van der Waals surface area (Å²) in [4.78, 5) is 12.1. The highest BCUT2D eigenvalue weighted by molar-refractivity contribution is 7.89. The zero-order chi connectivity index (χ0) is 20.2. The van der Waals surface area contributed by atoms with Crippen molar-refractivity contribution in [3.63, 3.8) is 0 Å². The Morgan fingerprint density at radius 1 is 1.19 bits per heavy atom. The summed E-state index contributed by atoms with van der Waals surface area (Å²) in [6, 6.07) is 12.5. The van der Waals surface area contributed by atoms with Gasteiger partial charge in [0, 0.05) is 5.54 Å². The summed E-state index contributed by atoms with van der Waals surface area (Å²) in [7, 11) is -3.90. The molecule has 0 saturated heterocycles. The lowest BCUT2D eigenvalue weighted by Crippen LogP contribution is -2.40. The van der Waals surface area contributed by atoms with Crippen LogP contribution in [0, 0.1) is 11.3 Å². The number of carbonyl (C=O) groups is 1. The summed E-state index contributed by atoms with van der Waals surface area (Å²) in [5.74, 6) is -0.678. The Bertz CT molecular complexity index is 988. The van der Waals surface area contributed by atoms with Crippen LogP contribution in [0.2, 0.25) is 5.02 Å². The fourth-order valence-corrected chi connectivity index (χ4v) is 4.15. The minimum Gasteiger partial charge on any atom is -0.457 e. The number of rotatable bonds is 5. The molecule has 0 atom stereocenters. The lowest BCUT2D eigenvalue weighted by Gasteiger charge is -2.21. The highest BCUT2D eigenvalue weighted by Gasteiger charge is 2.25. The van der Waals surface area contributed by atoms with Gasteiger partial charge in [-0.25, -0.2) is 17.9 Å². The van der Waals surface area contributed by atoms with Gasteiger partial charge in [-0.3, -0.25) is 0 Å². The second-order valence-electron chi connectivity index (χ2n) is 6.89. The van der Waals surface area contributed by atoms with Gasteiger partial charge in [0.15, 0.2) is 0 Å². The van der Waals surface area contributed by atoms with Gasteiger partial charge in [-0.2, -0.15) is 5.26 Å². The topological polar surface area (TPSA) is 96.3 Å². The Labute approximate surface area is 163 Å². The average Bonchev–Trinajstić information content (AvgIpc) is 2.58. The van der Waals surface area contributed by atoms with E-state index in [1.54, 1.807) is 45.0 Å². The fraction of sp³-hybridized carbons (Fsp3) is 0.263. The van der Waals surface area contributed by atoms with Crippen LogP contribution in [0.4, 0.5) is 0 Å². The van der Waals surface area contributed by atoms with E-state index in [0.717, 1.165) is 0 Å². The normalized spacial score (nSPS) is 11.7.